The van der Waals surface area contributed by atoms with Gasteiger partial charge in [-0.3, -0.25) is 14.8 Å². The molecule has 7 nitrogen and oxygen atoms in total. The lowest BCUT2D eigenvalue weighted by atomic mass is 10.1. The summed E-state index contributed by atoms with van der Waals surface area (Å²) in [5.74, 6) is -0.915. The van der Waals surface area contributed by atoms with Crippen molar-refractivity contribution in [2.75, 3.05) is 31.9 Å². The molecule has 140 valence electrons. The molecular weight excluding hydrogens is 351 g/mol. The molecule has 1 aliphatic heterocycles. The maximum Gasteiger partial charge on any atom is 0.573 e. The lowest BCUT2D eigenvalue weighted by molar-refractivity contribution is -0.274. The second kappa shape index (κ2) is 7.24. The number of hydrogen-bond donors (Lipinski definition) is 2. The Morgan fingerprint density at radius 3 is 2.62 bits per heavy atom. The van der Waals surface area contributed by atoms with E-state index in [9.17, 15) is 18.0 Å². The maximum atomic E-state index is 12.6. The summed E-state index contributed by atoms with van der Waals surface area (Å²) in [5.41, 5.74) is 6.48. The van der Waals surface area contributed by atoms with E-state index >= 15 is 0 Å². The molecule has 3 N–H and O–H groups in total. The molecule has 0 spiro atoms. The molecule has 10 heteroatoms. The van der Waals surface area contributed by atoms with Crippen molar-refractivity contribution in [2.24, 2.45) is 0 Å². The van der Waals surface area contributed by atoms with Crippen LogP contribution in [0.4, 0.5) is 18.9 Å². The zero-order chi connectivity index (χ0) is 18.7. The fraction of sp³-hybridized carbons (Fsp3) is 0.375. The predicted molar refractivity (Wildman–Crippen MR) is 87.3 cm³/mol. The highest BCUT2D eigenvalue weighted by Gasteiger charge is 2.32. The number of ether oxygens (including phenoxy) is 1. The van der Waals surface area contributed by atoms with Crippen LogP contribution in [0, 0.1) is 0 Å². The molecule has 1 aliphatic rings. The average Bonchev–Trinajstić information content (AvgIpc) is 3.09. The zero-order valence-electron chi connectivity index (χ0n) is 13.8. The fourth-order valence-electron chi connectivity index (χ4n) is 2.79. The molecule has 26 heavy (non-hydrogen) atoms. The minimum absolute atomic E-state index is 0.113. The number of anilines is 1. The van der Waals surface area contributed by atoms with Gasteiger partial charge in [0.1, 0.15) is 0 Å². The largest absolute Gasteiger partial charge is 0.573 e. The van der Waals surface area contributed by atoms with Crippen molar-refractivity contribution in [1.29, 1.82) is 0 Å². The molecule has 3 rings (SSSR count). The van der Waals surface area contributed by atoms with Crippen LogP contribution in [0.3, 0.4) is 0 Å². The van der Waals surface area contributed by atoms with Gasteiger partial charge in [0.15, 0.2) is 5.75 Å². The van der Waals surface area contributed by atoms with Crippen LogP contribution in [-0.2, 0) is 6.54 Å². The van der Waals surface area contributed by atoms with Gasteiger partial charge in [-0.2, -0.15) is 5.10 Å². The summed E-state index contributed by atoms with van der Waals surface area (Å²) >= 11 is 0. The molecule has 0 atom stereocenters. The van der Waals surface area contributed by atoms with Gasteiger partial charge < -0.3 is 15.4 Å². The van der Waals surface area contributed by atoms with Gasteiger partial charge >= 0.3 is 6.36 Å². The summed E-state index contributed by atoms with van der Waals surface area (Å²) in [4.78, 5) is 16.3. The van der Waals surface area contributed by atoms with E-state index in [1.54, 1.807) is 11.1 Å². The summed E-state index contributed by atoms with van der Waals surface area (Å²) in [6.45, 7) is 3.02. The Morgan fingerprint density at radius 1 is 1.27 bits per heavy atom. The van der Waals surface area contributed by atoms with Crippen molar-refractivity contribution in [3.63, 3.8) is 0 Å². The first-order chi connectivity index (χ1) is 12.3. The normalized spacial score (nSPS) is 15.9. The molecule has 1 aromatic carbocycles. The Morgan fingerprint density at radius 2 is 2.00 bits per heavy atom. The predicted octanol–water partition coefficient (Wildman–Crippen LogP) is 1.85. The monoisotopic (exact) mass is 369 g/mol. The van der Waals surface area contributed by atoms with Crippen LogP contribution < -0.4 is 10.5 Å². The number of rotatable bonds is 4. The standard InChI is InChI=1S/C16H18F3N5O2/c17-16(18,19)26-14-7-12(1-2-13(14)20)15(25)24-5-3-23(4-6-24)10-11-8-21-22-9-11/h1-2,7-9H,3-6,10,20H2,(H,21,22). The van der Waals surface area contributed by atoms with Gasteiger partial charge in [-0.1, -0.05) is 0 Å². The molecule has 1 fully saturated rings. The number of piperazine rings is 1. The number of nitrogens with two attached hydrogens (primary N) is 1. The second-order valence-corrected chi connectivity index (χ2v) is 5.98. The van der Waals surface area contributed by atoms with E-state index in [2.05, 4.69) is 19.8 Å². The molecule has 2 heterocycles. The van der Waals surface area contributed by atoms with E-state index in [0.717, 1.165) is 18.2 Å². The number of carbonyl (C=O) groups is 1. The van der Waals surface area contributed by atoms with Gasteiger partial charge in [0, 0.05) is 50.0 Å². The van der Waals surface area contributed by atoms with Crippen LogP contribution >= 0.6 is 0 Å². The zero-order valence-corrected chi connectivity index (χ0v) is 13.8. The van der Waals surface area contributed by atoms with Gasteiger partial charge in [-0.05, 0) is 18.2 Å². The number of benzene rings is 1. The van der Waals surface area contributed by atoms with Gasteiger partial charge in [-0.25, -0.2) is 0 Å². The van der Waals surface area contributed by atoms with E-state index in [1.807, 2.05) is 6.20 Å². The summed E-state index contributed by atoms with van der Waals surface area (Å²) in [5, 5.41) is 6.64. The van der Waals surface area contributed by atoms with Crippen molar-refractivity contribution in [2.45, 2.75) is 12.9 Å². The molecule has 1 aromatic heterocycles. The quantitative estimate of drug-likeness (QED) is 0.803. The molecule has 1 amide bonds. The number of amides is 1. The van der Waals surface area contributed by atoms with Crippen molar-refractivity contribution >= 4 is 11.6 Å². The fourth-order valence-corrected chi connectivity index (χ4v) is 2.79. The number of H-pyrrole nitrogens is 1. The number of halogens is 3. The van der Waals surface area contributed by atoms with E-state index < -0.39 is 12.1 Å². The van der Waals surface area contributed by atoms with Gasteiger partial charge in [0.05, 0.1) is 11.9 Å². The number of nitrogens with zero attached hydrogens (tertiary/aromatic N) is 3. The van der Waals surface area contributed by atoms with Crippen molar-refractivity contribution in [1.82, 2.24) is 20.0 Å². The first-order valence-corrected chi connectivity index (χ1v) is 7.96. The Balaban J connectivity index is 1.62. The number of aromatic amines is 1. The van der Waals surface area contributed by atoms with Crippen LogP contribution in [0.15, 0.2) is 30.6 Å². The Bertz CT molecular complexity index is 756. The van der Waals surface area contributed by atoms with Crippen molar-refractivity contribution < 1.29 is 22.7 Å². The summed E-state index contributed by atoms with van der Waals surface area (Å²) in [7, 11) is 0. The van der Waals surface area contributed by atoms with Crippen LogP contribution in [0.5, 0.6) is 5.75 Å². The van der Waals surface area contributed by atoms with Crippen LogP contribution in [0.1, 0.15) is 15.9 Å². The van der Waals surface area contributed by atoms with E-state index in [0.29, 0.717) is 26.2 Å². The smallest absolute Gasteiger partial charge is 0.404 e. The number of nitrogen functional groups attached to an aromatic ring is 1. The second-order valence-electron chi connectivity index (χ2n) is 5.98. The molecule has 0 aliphatic carbocycles. The lowest BCUT2D eigenvalue weighted by Gasteiger charge is -2.34. The van der Waals surface area contributed by atoms with Crippen molar-refractivity contribution in [3.05, 3.63) is 41.7 Å². The number of nitrogens with one attached hydrogen (secondary N) is 1. The summed E-state index contributed by atoms with van der Waals surface area (Å²) < 4.78 is 41.1. The molecule has 0 unspecified atom stereocenters. The van der Waals surface area contributed by atoms with Crippen molar-refractivity contribution in [3.8, 4) is 5.75 Å². The SMILES string of the molecule is Nc1ccc(C(=O)N2CCN(Cc3cn[nH]c3)CC2)cc1OC(F)(F)F. The van der Waals surface area contributed by atoms with Gasteiger partial charge in [-0.15, -0.1) is 13.2 Å². The summed E-state index contributed by atoms with van der Waals surface area (Å²) in [6.07, 6.45) is -1.31. The van der Waals surface area contributed by atoms with E-state index in [4.69, 9.17) is 5.73 Å². The Labute approximate surface area is 147 Å². The van der Waals surface area contributed by atoms with E-state index in [-0.39, 0.29) is 17.2 Å². The first kappa shape index (κ1) is 18.1. The molecule has 0 saturated carbocycles. The molecule has 0 bridgehead atoms. The minimum atomic E-state index is -4.87. The number of carbonyl (C=O) groups excluding carboxylic acids is 1. The minimum Gasteiger partial charge on any atom is -0.404 e. The number of alkyl halides is 3. The Kier molecular flexibility index (Phi) is 5.03. The highest BCUT2D eigenvalue weighted by atomic mass is 19.4. The third-order valence-corrected chi connectivity index (χ3v) is 4.11. The Hall–Kier alpha value is -2.75. The average molecular weight is 369 g/mol. The lowest BCUT2D eigenvalue weighted by Crippen LogP contribution is -2.48. The van der Waals surface area contributed by atoms with Crippen LogP contribution in [0.2, 0.25) is 0 Å². The highest BCUT2D eigenvalue weighted by molar-refractivity contribution is 5.95. The van der Waals surface area contributed by atoms with Crippen LogP contribution in [-0.4, -0.2) is 58.4 Å². The molecule has 1 saturated heterocycles. The van der Waals surface area contributed by atoms with Gasteiger partial charge in [0.25, 0.3) is 5.91 Å². The molecule has 2 aromatic rings. The van der Waals surface area contributed by atoms with Gasteiger partial charge in [0.2, 0.25) is 0 Å². The van der Waals surface area contributed by atoms with Crippen LogP contribution in [0.25, 0.3) is 0 Å². The number of hydrogen-bond acceptors (Lipinski definition) is 5. The maximum absolute atomic E-state index is 12.6. The third-order valence-electron chi connectivity index (χ3n) is 4.11. The molecular formula is C16H18F3N5O2. The number of aromatic nitrogens is 2. The third kappa shape index (κ3) is 4.45. The highest BCUT2D eigenvalue weighted by Crippen LogP contribution is 2.29. The topological polar surface area (TPSA) is 87.5 Å². The first-order valence-electron chi connectivity index (χ1n) is 7.96. The molecule has 0 radical (unpaired) electrons. The summed E-state index contributed by atoms with van der Waals surface area (Å²) in [6, 6.07) is 3.67. The van der Waals surface area contributed by atoms with E-state index in [1.165, 1.54) is 12.1 Å².